The molecule has 1 rings (SSSR count). The van der Waals surface area contributed by atoms with E-state index in [9.17, 15) is 23.7 Å². The molecule has 0 saturated carbocycles. The highest BCUT2D eigenvalue weighted by Gasteiger charge is 2.18. The van der Waals surface area contributed by atoms with E-state index in [0.29, 0.717) is 13.2 Å². The molecule has 0 bridgehead atoms. The van der Waals surface area contributed by atoms with Gasteiger partial charge in [-0.2, -0.15) is 0 Å². The fourth-order valence-corrected chi connectivity index (χ4v) is 1.54. The van der Waals surface area contributed by atoms with E-state index in [0.717, 1.165) is 18.2 Å². The summed E-state index contributed by atoms with van der Waals surface area (Å²) >= 11 is 0. The molecule has 0 heterocycles. The molecule has 116 valence electrons. The van der Waals surface area contributed by atoms with E-state index in [2.05, 4.69) is 10.6 Å². The number of rotatable bonds is 8. The van der Waals surface area contributed by atoms with Gasteiger partial charge in [0, 0.05) is 37.0 Å². The minimum absolute atomic E-state index is 0.0162. The molecule has 0 radical (unpaired) electrons. The summed E-state index contributed by atoms with van der Waals surface area (Å²) in [5, 5.41) is 15.6. The maximum atomic E-state index is 12.9. The van der Waals surface area contributed by atoms with Crippen molar-refractivity contribution in [3.8, 4) is 0 Å². The first kappa shape index (κ1) is 16.8. The Morgan fingerprint density at radius 3 is 2.76 bits per heavy atom. The minimum Gasteiger partial charge on any atom is -0.383 e. The number of halogens is 2. The third kappa shape index (κ3) is 5.30. The molecule has 0 aliphatic rings. The molecule has 7 nitrogen and oxygen atoms in total. The van der Waals surface area contributed by atoms with Gasteiger partial charge in [-0.1, -0.05) is 0 Å². The predicted octanol–water partition coefficient (Wildman–Crippen LogP) is 1.71. The van der Waals surface area contributed by atoms with E-state index in [1.54, 1.807) is 0 Å². The Morgan fingerprint density at radius 2 is 2.19 bits per heavy atom. The Balaban J connectivity index is 2.70. The van der Waals surface area contributed by atoms with Crippen LogP contribution < -0.4 is 10.6 Å². The smallest absolute Gasteiger partial charge is 0.270 e. The lowest BCUT2D eigenvalue weighted by atomic mass is 10.1. The van der Waals surface area contributed by atoms with Crippen molar-refractivity contribution in [1.82, 2.24) is 5.32 Å². The monoisotopic (exact) mass is 303 g/mol. The van der Waals surface area contributed by atoms with Crippen molar-refractivity contribution in [2.45, 2.75) is 6.43 Å². The number of benzene rings is 1. The van der Waals surface area contributed by atoms with Crippen LogP contribution in [0.25, 0.3) is 0 Å². The third-order valence-corrected chi connectivity index (χ3v) is 2.55. The zero-order chi connectivity index (χ0) is 15.8. The van der Waals surface area contributed by atoms with Gasteiger partial charge in [-0.3, -0.25) is 14.9 Å². The second-order valence-electron chi connectivity index (χ2n) is 4.03. The zero-order valence-corrected chi connectivity index (χ0v) is 11.3. The van der Waals surface area contributed by atoms with Gasteiger partial charge in [-0.15, -0.1) is 0 Å². The molecule has 0 atom stereocenters. The average Bonchev–Trinajstić information content (AvgIpc) is 2.45. The van der Waals surface area contributed by atoms with Crippen molar-refractivity contribution < 1.29 is 23.2 Å². The lowest BCUT2D eigenvalue weighted by Crippen LogP contribution is -2.32. The summed E-state index contributed by atoms with van der Waals surface area (Å²) in [6.45, 7) is 0.422. The molecule has 0 aromatic heterocycles. The predicted molar refractivity (Wildman–Crippen MR) is 71.4 cm³/mol. The number of amides is 1. The molecule has 0 spiro atoms. The fourth-order valence-electron chi connectivity index (χ4n) is 1.54. The molecule has 1 aromatic rings. The normalized spacial score (nSPS) is 10.5. The van der Waals surface area contributed by atoms with Crippen molar-refractivity contribution in [3.63, 3.8) is 0 Å². The van der Waals surface area contributed by atoms with Gasteiger partial charge < -0.3 is 15.4 Å². The maximum Gasteiger partial charge on any atom is 0.270 e. The maximum absolute atomic E-state index is 12.9. The van der Waals surface area contributed by atoms with Crippen LogP contribution in [-0.4, -0.2) is 37.6 Å². The van der Waals surface area contributed by atoms with Gasteiger partial charge in [-0.05, 0) is 6.07 Å². The number of alkyl halides is 2. The SMILES string of the molecule is COCCNC(=O)CNc1ccc([N+](=O)[O-])cc1C(F)F. The minimum atomic E-state index is -2.89. The molecule has 1 amide bonds. The van der Waals surface area contributed by atoms with Crippen LogP contribution in [0, 0.1) is 10.1 Å². The third-order valence-electron chi connectivity index (χ3n) is 2.55. The Bertz CT molecular complexity index is 511. The molecule has 0 aliphatic heterocycles. The lowest BCUT2D eigenvalue weighted by Gasteiger charge is -2.11. The van der Waals surface area contributed by atoms with Crippen molar-refractivity contribution >= 4 is 17.3 Å². The molecule has 0 fully saturated rings. The number of hydrogen-bond acceptors (Lipinski definition) is 5. The average molecular weight is 303 g/mol. The van der Waals surface area contributed by atoms with Crippen LogP contribution in [0.1, 0.15) is 12.0 Å². The highest BCUT2D eigenvalue weighted by atomic mass is 19.3. The van der Waals surface area contributed by atoms with Gasteiger partial charge in [0.05, 0.1) is 18.1 Å². The molecule has 0 saturated heterocycles. The summed E-state index contributed by atoms with van der Waals surface area (Å²) in [6.07, 6.45) is -2.89. The first-order chi connectivity index (χ1) is 9.95. The van der Waals surface area contributed by atoms with Crippen molar-refractivity contribution in [2.75, 3.05) is 32.1 Å². The fraction of sp³-hybridized carbons (Fsp3) is 0.417. The summed E-state index contributed by atoms with van der Waals surface area (Å²) in [7, 11) is 1.48. The van der Waals surface area contributed by atoms with Crippen LogP contribution in [0.3, 0.4) is 0 Å². The number of nitro benzene ring substituents is 1. The quantitative estimate of drug-likeness (QED) is 0.433. The van der Waals surface area contributed by atoms with E-state index < -0.39 is 28.5 Å². The topological polar surface area (TPSA) is 93.5 Å². The Kier molecular flexibility index (Phi) is 6.47. The van der Waals surface area contributed by atoms with Crippen molar-refractivity contribution in [1.29, 1.82) is 0 Å². The van der Waals surface area contributed by atoms with Gasteiger partial charge >= 0.3 is 0 Å². The summed E-state index contributed by atoms with van der Waals surface area (Å²) in [5.41, 5.74) is -0.966. The van der Waals surface area contributed by atoms with Gasteiger partial charge in [0.15, 0.2) is 0 Å². The molecule has 21 heavy (non-hydrogen) atoms. The summed E-state index contributed by atoms with van der Waals surface area (Å²) in [5.74, 6) is -0.398. The number of carbonyl (C=O) groups excluding carboxylic acids is 1. The van der Waals surface area contributed by atoms with Crippen LogP contribution in [0.5, 0.6) is 0 Å². The van der Waals surface area contributed by atoms with Crippen LogP contribution in [0.2, 0.25) is 0 Å². The number of non-ortho nitro benzene ring substituents is 1. The molecular formula is C12H15F2N3O4. The first-order valence-corrected chi connectivity index (χ1v) is 6.01. The van der Waals surface area contributed by atoms with E-state index >= 15 is 0 Å². The lowest BCUT2D eigenvalue weighted by molar-refractivity contribution is -0.385. The number of hydrogen-bond donors (Lipinski definition) is 2. The number of nitrogens with one attached hydrogen (secondary N) is 2. The van der Waals surface area contributed by atoms with Gasteiger partial charge in [0.2, 0.25) is 5.91 Å². The summed E-state index contributed by atoms with van der Waals surface area (Å²) in [4.78, 5) is 21.2. The molecular weight excluding hydrogens is 288 g/mol. The van der Waals surface area contributed by atoms with Crippen LogP contribution in [0.4, 0.5) is 20.2 Å². The summed E-state index contributed by atoms with van der Waals surface area (Å²) in [6, 6.07) is 3.04. The van der Waals surface area contributed by atoms with E-state index in [-0.39, 0.29) is 12.2 Å². The zero-order valence-electron chi connectivity index (χ0n) is 11.3. The first-order valence-electron chi connectivity index (χ1n) is 6.01. The van der Waals surface area contributed by atoms with Crippen LogP contribution in [0.15, 0.2) is 18.2 Å². The van der Waals surface area contributed by atoms with Gasteiger partial charge in [0.1, 0.15) is 0 Å². The van der Waals surface area contributed by atoms with E-state index in [1.165, 1.54) is 7.11 Å². The molecule has 1 aromatic carbocycles. The largest absolute Gasteiger partial charge is 0.383 e. The number of methoxy groups -OCH3 is 1. The van der Waals surface area contributed by atoms with E-state index in [1.807, 2.05) is 0 Å². The second kappa shape index (κ2) is 8.10. The number of carbonyl (C=O) groups is 1. The standard InChI is InChI=1S/C12H15F2N3O4/c1-21-5-4-15-11(18)7-16-10-3-2-8(17(19)20)6-9(10)12(13)14/h2-3,6,12,16H,4-5,7H2,1H3,(H,15,18). The second-order valence-corrected chi connectivity index (χ2v) is 4.03. The van der Waals surface area contributed by atoms with Gasteiger partial charge in [0.25, 0.3) is 12.1 Å². The number of anilines is 1. The number of nitro groups is 1. The Labute approximate surface area is 119 Å². The van der Waals surface area contributed by atoms with Crippen molar-refractivity contribution in [3.05, 3.63) is 33.9 Å². The molecule has 9 heteroatoms. The van der Waals surface area contributed by atoms with Gasteiger partial charge in [-0.25, -0.2) is 8.78 Å². The Morgan fingerprint density at radius 1 is 1.48 bits per heavy atom. The highest BCUT2D eigenvalue weighted by Crippen LogP contribution is 2.30. The van der Waals surface area contributed by atoms with Crippen molar-refractivity contribution in [2.24, 2.45) is 0 Å². The molecule has 0 unspecified atom stereocenters. The Hall–Kier alpha value is -2.29. The molecule has 2 N–H and O–H groups in total. The highest BCUT2D eigenvalue weighted by molar-refractivity contribution is 5.81. The number of ether oxygens (including phenoxy) is 1. The van der Waals surface area contributed by atoms with Crippen LogP contribution >= 0.6 is 0 Å². The van der Waals surface area contributed by atoms with Crippen LogP contribution in [-0.2, 0) is 9.53 Å². The number of nitrogens with zero attached hydrogens (tertiary/aromatic N) is 1. The summed E-state index contributed by atoms with van der Waals surface area (Å²) < 4.78 is 30.5. The molecule has 0 aliphatic carbocycles. The van der Waals surface area contributed by atoms with E-state index in [4.69, 9.17) is 4.74 Å².